The molecule has 0 saturated carbocycles. The first-order chi connectivity index (χ1) is 11.0. The number of nitrogens with one attached hydrogen (secondary N) is 2. The second-order valence-electron chi connectivity index (χ2n) is 4.72. The lowest BCUT2D eigenvalue weighted by Crippen LogP contribution is -2.30. The van der Waals surface area contributed by atoms with Crippen LogP contribution in [0.1, 0.15) is 15.9 Å². The van der Waals surface area contributed by atoms with Crippen LogP contribution in [0.25, 0.3) is 0 Å². The standard InChI is InChI=1S/C15H16BrN3O4/c1-10-8-11(16)2-3-13(10)17-14-9-19(22)5-4-12(14)15(21)18-23-7-6-20/h2-5,8-9,17,20H,6-7H2,1H3,(H,18,21). The number of carbonyl (C=O) groups is 1. The van der Waals surface area contributed by atoms with Gasteiger partial charge >= 0.3 is 0 Å². The second kappa shape index (κ2) is 7.91. The number of carbonyl (C=O) groups excluding carboxylic acids is 1. The van der Waals surface area contributed by atoms with Gasteiger partial charge in [-0.15, -0.1) is 0 Å². The molecule has 1 aromatic heterocycles. The molecule has 7 nitrogen and oxygen atoms in total. The number of halogens is 1. The Balaban J connectivity index is 2.26. The van der Waals surface area contributed by atoms with Crippen LogP contribution < -0.4 is 15.5 Å². The lowest BCUT2D eigenvalue weighted by molar-refractivity contribution is -0.604. The minimum atomic E-state index is -0.517. The average molecular weight is 382 g/mol. The maximum absolute atomic E-state index is 12.1. The van der Waals surface area contributed by atoms with Gasteiger partial charge in [-0.3, -0.25) is 9.63 Å². The molecule has 0 aliphatic heterocycles. The summed E-state index contributed by atoms with van der Waals surface area (Å²) in [7, 11) is 0. The van der Waals surface area contributed by atoms with Crippen molar-refractivity contribution in [3.8, 4) is 0 Å². The SMILES string of the molecule is Cc1cc(Br)ccc1Nc1c[n+]([O-])ccc1C(=O)NOCCO. The third kappa shape index (κ3) is 4.65. The number of pyridine rings is 1. The number of aliphatic hydroxyl groups is 1. The summed E-state index contributed by atoms with van der Waals surface area (Å²) in [6.45, 7) is 1.68. The first-order valence-electron chi connectivity index (χ1n) is 6.80. The number of hydroxylamine groups is 1. The molecular formula is C15H16BrN3O4. The first kappa shape index (κ1) is 17.2. The van der Waals surface area contributed by atoms with Crippen molar-refractivity contribution in [2.45, 2.75) is 6.92 Å². The highest BCUT2D eigenvalue weighted by atomic mass is 79.9. The summed E-state index contributed by atoms with van der Waals surface area (Å²) in [6, 6.07) is 7.00. The minimum Gasteiger partial charge on any atom is -0.619 e. The highest BCUT2D eigenvalue weighted by molar-refractivity contribution is 9.10. The van der Waals surface area contributed by atoms with Crippen LogP contribution >= 0.6 is 15.9 Å². The molecule has 0 atom stereocenters. The largest absolute Gasteiger partial charge is 0.619 e. The van der Waals surface area contributed by atoms with Gasteiger partial charge in [0.05, 0.1) is 18.8 Å². The molecule has 0 saturated heterocycles. The Morgan fingerprint density at radius 3 is 2.87 bits per heavy atom. The van der Waals surface area contributed by atoms with E-state index in [9.17, 15) is 10.0 Å². The molecule has 0 aliphatic carbocycles. The Bertz CT molecular complexity index is 709. The second-order valence-corrected chi connectivity index (χ2v) is 5.64. The molecular weight excluding hydrogens is 366 g/mol. The Hall–Kier alpha value is -2.16. The van der Waals surface area contributed by atoms with Gasteiger partial charge in [0.25, 0.3) is 5.91 Å². The molecule has 8 heteroatoms. The zero-order chi connectivity index (χ0) is 16.8. The first-order valence-corrected chi connectivity index (χ1v) is 7.59. The van der Waals surface area contributed by atoms with E-state index in [0.717, 1.165) is 15.7 Å². The number of anilines is 2. The van der Waals surface area contributed by atoms with Gasteiger partial charge in [-0.05, 0) is 30.7 Å². The Morgan fingerprint density at radius 1 is 1.39 bits per heavy atom. The van der Waals surface area contributed by atoms with Gasteiger partial charge in [-0.1, -0.05) is 15.9 Å². The number of hydrogen-bond donors (Lipinski definition) is 3. The van der Waals surface area contributed by atoms with Crippen molar-refractivity contribution in [3.63, 3.8) is 0 Å². The molecule has 0 unspecified atom stereocenters. The minimum absolute atomic E-state index is 0.0191. The normalized spacial score (nSPS) is 10.4. The summed E-state index contributed by atoms with van der Waals surface area (Å²) >= 11 is 3.38. The smallest absolute Gasteiger partial charge is 0.277 e. The van der Waals surface area contributed by atoms with Crippen LogP contribution in [-0.4, -0.2) is 24.2 Å². The van der Waals surface area contributed by atoms with Crippen molar-refractivity contribution in [2.24, 2.45) is 0 Å². The van der Waals surface area contributed by atoms with Gasteiger partial charge < -0.3 is 15.6 Å². The molecule has 1 aromatic carbocycles. The van der Waals surface area contributed by atoms with Crippen LogP contribution in [-0.2, 0) is 4.84 Å². The third-order valence-electron chi connectivity index (χ3n) is 3.00. The number of aromatic nitrogens is 1. The predicted molar refractivity (Wildman–Crippen MR) is 88.1 cm³/mol. The molecule has 23 heavy (non-hydrogen) atoms. The van der Waals surface area contributed by atoms with Crippen molar-refractivity contribution in [1.82, 2.24) is 5.48 Å². The number of nitrogens with zero attached hydrogens (tertiary/aromatic N) is 1. The van der Waals surface area contributed by atoms with E-state index in [1.165, 1.54) is 18.5 Å². The van der Waals surface area contributed by atoms with Crippen LogP contribution in [0.4, 0.5) is 11.4 Å². The van der Waals surface area contributed by atoms with Crippen LogP contribution in [0, 0.1) is 12.1 Å². The molecule has 122 valence electrons. The fourth-order valence-electron chi connectivity index (χ4n) is 1.90. The van der Waals surface area contributed by atoms with E-state index < -0.39 is 5.91 Å². The van der Waals surface area contributed by atoms with E-state index >= 15 is 0 Å². The summed E-state index contributed by atoms with van der Waals surface area (Å²) < 4.78 is 1.53. The third-order valence-corrected chi connectivity index (χ3v) is 3.49. The van der Waals surface area contributed by atoms with Crippen molar-refractivity contribution in [1.29, 1.82) is 0 Å². The number of aryl methyl sites for hydroxylation is 1. The molecule has 0 spiro atoms. The summed E-state index contributed by atoms with van der Waals surface area (Å²) in [5.41, 5.74) is 4.52. The zero-order valence-electron chi connectivity index (χ0n) is 12.4. The van der Waals surface area contributed by atoms with Gasteiger partial charge in [0, 0.05) is 16.2 Å². The fourth-order valence-corrected chi connectivity index (χ4v) is 2.38. The lowest BCUT2D eigenvalue weighted by atomic mass is 10.1. The number of aliphatic hydroxyl groups excluding tert-OH is 1. The number of rotatable bonds is 6. The van der Waals surface area contributed by atoms with Gasteiger partial charge in [0.15, 0.2) is 6.20 Å². The highest BCUT2D eigenvalue weighted by Crippen LogP contribution is 2.25. The van der Waals surface area contributed by atoms with E-state index in [1.807, 2.05) is 25.1 Å². The molecule has 1 amide bonds. The van der Waals surface area contributed by atoms with Gasteiger partial charge in [-0.2, -0.15) is 4.73 Å². The number of amides is 1. The topological polar surface area (TPSA) is 97.5 Å². The van der Waals surface area contributed by atoms with E-state index in [2.05, 4.69) is 26.7 Å². The average Bonchev–Trinajstić information content (AvgIpc) is 2.50. The highest BCUT2D eigenvalue weighted by Gasteiger charge is 2.15. The molecule has 1 heterocycles. The Morgan fingerprint density at radius 2 is 2.17 bits per heavy atom. The Labute approximate surface area is 141 Å². The maximum atomic E-state index is 12.1. The van der Waals surface area contributed by atoms with Crippen LogP contribution in [0.3, 0.4) is 0 Å². The van der Waals surface area contributed by atoms with E-state index in [-0.39, 0.29) is 18.8 Å². The molecule has 0 fully saturated rings. The van der Waals surface area contributed by atoms with Crippen molar-refractivity contribution >= 4 is 33.2 Å². The van der Waals surface area contributed by atoms with E-state index in [0.29, 0.717) is 10.4 Å². The van der Waals surface area contributed by atoms with Crippen LogP contribution in [0.15, 0.2) is 41.1 Å². The molecule has 3 N–H and O–H groups in total. The quantitative estimate of drug-likeness (QED) is 0.306. The predicted octanol–water partition coefficient (Wildman–Crippen LogP) is 1.79. The van der Waals surface area contributed by atoms with Crippen molar-refractivity contribution < 1.29 is 19.5 Å². The summed E-state index contributed by atoms with van der Waals surface area (Å²) in [4.78, 5) is 16.9. The molecule has 2 rings (SSSR count). The summed E-state index contributed by atoms with van der Waals surface area (Å²) in [6.07, 6.45) is 2.49. The molecule has 0 aliphatic rings. The number of hydrogen-bond acceptors (Lipinski definition) is 5. The zero-order valence-corrected chi connectivity index (χ0v) is 14.0. The van der Waals surface area contributed by atoms with Gasteiger partial charge in [-0.25, -0.2) is 5.48 Å². The fraction of sp³-hybridized carbons (Fsp3) is 0.200. The van der Waals surface area contributed by atoms with Gasteiger partial charge in [0.2, 0.25) is 6.20 Å². The molecule has 0 radical (unpaired) electrons. The van der Waals surface area contributed by atoms with E-state index in [4.69, 9.17) is 9.94 Å². The van der Waals surface area contributed by atoms with E-state index in [1.54, 1.807) is 0 Å². The van der Waals surface area contributed by atoms with Crippen LogP contribution in [0.2, 0.25) is 0 Å². The van der Waals surface area contributed by atoms with Crippen LogP contribution in [0.5, 0.6) is 0 Å². The molecule has 2 aromatic rings. The van der Waals surface area contributed by atoms with Crippen molar-refractivity contribution in [3.05, 3.63) is 57.5 Å². The van der Waals surface area contributed by atoms with Gasteiger partial charge in [0.1, 0.15) is 5.69 Å². The number of benzene rings is 1. The maximum Gasteiger partial charge on any atom is 0.277 e. The Kier molecular flexibility index (Phi) is 5.91. The molecule has 0 bridgehead atoms. The lowest BCUT2D eigenvalue weighted by Gasteiger charge is -2.13. The summed E-state index contributed by atoms with van der Waals surface area (Å²) in [5, 5.41) is 23.3. The summed E-state index contributed by atoms with van der Waals surface area (Å²) in [5.74, 6) is -0.517. The monoisotopic (exact) mass is 381 g/mol. The van der Waals surface area contributed by atoms with Crippen molar-refractivity contribution in [2.75, 3.05) is 18.5 Å².